The molecule has 2 saturated carbocycles. The number of amides is 3. The Kier molecular flexibility index (Phi) is 3.04. The summed E-state index contributed by atoms with van der Waals surface area (Å²) in [6.07, 6.45) is 10.5. The van der Waals surface area contributed by atoms with E-state index >= 15 is 0 Å². The third kappa shape index (κ3) is 1.82. The lowest BCUT2D eigenvalue weighted by Crippen LogP contribution is -2.57. The highest BCUT2D eigenvalue weighted by Crippen LogP contribution is 2.44. The van der Waals surface area contributed by atoms with Crippen LogP contribution in [-0.4, -0.2) is 17.5 Å². The van der Waals surface area contributed by atoms with Gasteiger partial charge in [0, 0.05) is 0 Å². The van der Waals surface area contributed by atoms with Crippen LogP contribution in [0.3, 0.4) is 0 Å². The van der Waals surface area contributed by atoms with E-state index in [1.165, 1.54) is 38.5 Å². The number of carbonyl (C=O) groups excluding carboxylic acids is 2. The van der Waals surface area contributed by atoms with E-state index in [-0.39, 0.29) is 11.9 Å². The van der Waals surface area contributed by atoms with Crippen LogP contribution in [0.25, 0.3) is 0 Å². The van der Waals surface area contributed by atoms with Crippen molar-refractivity contribution >= 4 is 11.9 Å². The van der Waals surface area contributed by atoms with Crippen LogP contribution in [0.1, 0.15) is 57.8 Å². The van der Waals surface area contributed by atoms with E-state index < -0.39 is 5.54 Å². The first-order chi connectivity index (χ1) is 8.72. The van der Waals surface area contributed by atoms with Crippen LogP contribution in [0.2, 0.25) is 0 Å². The summed E-state index contributed by atoms with van der Waals surface area (Å²) in [5, 5.41) is 5.42. The fourth-order valence-electron chi connectivity index (χ4n) is 4.32. The number of hydrogen-bond donors (Lipinski definition) is 2. The van der Waals surface area contributed by atoms with Gasteiger partial charge in [0.2, 0.25) is 0 Å². The zero-order valence-electron chi connectivity index (χ0n) is 10.8. The molecule has 4 heteroatoms. The van der Waals surface area contributed by atoms with Crippen molar-refractivity contribution in [3.8, 4) is 0 Å². The summed E-state index contributed by atoms with van der Waals surface area (Å²) in [6.45, 7) is 0. The molecule has 1 heterocycles. The average molecular weight is 250 g/mol. The lowest BCUT2D eigenvalue weighted by molar-refractivity contribution is -0.128. The third-order valence-corrected chi connectivity index (χ3v) is 5.16. The second-order valence-electron chi connectivity index (χ2n) is 6.13. The molecule has 100 valence electrons. The van der Waals surface area contributed by atoms with E-state index in [9.17, 15) is 9.59 Å². The van der Waals surface area contributed by atoms with Gasteiger partial charge in [-0.15, -0.1) is 0 Å². The molecule has 0 unspecified atom stereocenters. The van der Waals surface area contributed by atoms with E-state index in [0.717, 1.165) is 19.3 Å². The molecule has 0 radical (unpaired) electrons. The van der Waals surface area contributed by atoms with Crippen LogP contribution in [0.15, 0.2) is 0 Å². The largest absolute Gasteiger partial charge is 0.323 e. The zero-order valence-corrected chi connectivity index (χ0v) is 10.8. The van der Waals surface area contributed by atoms with Gasteiger partial charge in [0.25, 0.3) is 5.91 Å². The highest BCUT2D eigenvalue weighted by atomic mass is 16.2. The van der Waals surface area contributed by atoms with Crippen molar-refractivity contribution in [3.63, 3.8) is 0 Å². The summed E-state index contributed by atoms with van der Waals surface area (Å²) >= 11 is 0. The van der Waals surface area contributed by atoms with Gasteiger partial charge in [-0.3, -0.25) is 10.1 Å². The minimum Gasteiger partial charge on any atom is -0.323 e. The number of carbonyl (C=O) groups is 2. The number of rotatable bonds is 1. The van der Waals surface area contributed by atoms with Crippen molar-refractivity contribution in [1.29, 1.82) is 0 Å². The van der Waals surface area contributed by atoms with Crippen LogP contribution in [0.4, 0.5) is 4.79 Å². The highest BCUT2D eigenvalue weighted by Gasteiger charge is 2.54. The summed E-state index contributed by atoms with van der Waals surface area (Å²) in [6, 6.07) is -0.289. The molecule has 3 aliphatic rings. The topological polar surface area (TPSA) is 58.2 Å². The molecule has 0 bridgehead atoms. The maximum atomic E-state index is 12.2. The Hall–Kier alpha value is -1.06. The molecule has 2 N–H and O–H groups in total. The van der Waals surface area contributed by atoms with Crippen LogP contribution in [-0.2, 0) is 4.79 Å². The summed E-state index contributed by atoms with van der Waals surface area (Å²) in [7, 11) is 0. The monoisotopic (exact) mass is 250 g/mol. The normalized spacial score (nSPS) is 37.7. The molecule has 1 aliphatic heterocycles. The third-order valence-electron chi connectivity index (χ3n) is 5.16. The maximum absolute atomic E-state index is 12.2. The molecular formula is C14H22N2O2. The minimum absolute atomic E-state index is 0.0669. The van der Waals surface area contributed by atoms with Gasteiger partial charge in [0.05, 0.1) is 0 Å². The van der Waals surface area contributed by atoms with Crippen molar-refractivity contribution in [2.24, 2.45) is 11.8 Å². The molecule has 4 nitrogen and oxygen atoms in total. The van der Waals surface area contributed by atoms with Gasteiger partial charge in [-0.25, -0.2) is 4.79 Å². The van der Waals surface area contributed by atoms with Crippen LogP contribution < -0.4 is 10.6 Å². The molecule has 3 fully saturated rings. The van der Waals surface area contributed by atoms with Gasteiger partial charge < -0.3 is 5.32 Å². The summed E-state index contributed by atoms with van der Waals surface area (Å²) in [5.74, 6) is 0.920. The first-order valence-electron chi connectivity index (χ1n) is 7.36. The Labute approximate surface area is 108 Å². The average Bonchev–Trinajstić information content (AvgIpc) is 2.66. The molecule has 1 spiro atoms. The number of nitrogens with one attached hydrogen (secondary N) is 2. The predicted molar refractivity (Wildman–Crippen MR) is 67.9 cm³/mol. The van der Waals surface area contributed by atoms with Crippen LogP contribution >= 0.6 is 0 Å². The number of imide groups is 1. The smallest absolute Gasteiger partial charge is 0.322 e. The van der Waals surface area contributed by atoms with E-state index in [4.69, 9.17) is 0 Å². The van der Waals surface area contributed by atoms with Gasteiger partial charge in [0.1, 0.15) is 5.54 Å². The summed E-state index contributed by atoms with van der Waals surface area (Å²) in [5.41, 5.74) is -0.572. The molecule has 1 saturated heterocycles. The van der Waals surface area contributed by atoms with Gasteiger partial charge >= 0.3 is 6.03 Å². The second-order valence-corrected chi connectivity index (χ2v) is 6.13. The van der Waals surface area contributed by atoms with Crippen molar-refractivity contribution < 1.29 is 9.59 Å². The molecule has 0 aromatic carbocycles. The quantitative estimate of drug-likeness (QED) is 0.702. The molecule has 3 amide bonds. The molecule has 2 atom stereocenters. The zero-order chi connectivity index (χ0) is 12.6. The minimum atomic E-state index is -0.572. The van der Waals surface area contributed by atoms with Crippen molar-refractivity contribution in [1.82, 2.24) is 10.6 Å². The summed E-state index contributed by atoms with van der Waals surface area (Å²) in [4.78, 5) is 23.7. The SMILES string of the molecule is O=C1NC(=O)[C@]2(CCCC[C@@H]2C2CCCCC2)N1. The van der Waals surface area contributed by atoms with Crippen molar-refractivity contribution in [2.75, 3.05) is 0 Å². The fourth-order valence-corrected chi connectivity index (χ4v) is 4.32. The number of urea groups is 1. The maximum Gasteiger partial charge on any atom is 0.322 e. The molecule has 0 aromatic rings. The van der Waals surface area contributed by atoms with Gasteiger partial charge in [0.15, 0.2) is 0 Å². The summed E-state index contributed by atoms with van der Waals surface area (Å²) < 4.78 is 0. The molecule has 2 aliphatic carbocycles. The highest BCUT2D eigenvalue weighted by molar-refractivity contribution is 6.07. The first kappa shape index (κ1) is 12.0. The Bertz CT molecular complexity index is 363. The van der Waals surface area contributed by atoms with Gasteiger partial charge in [-0.2, -0.15) is 0 Å². The second kappa shape index (κ2) is 4.56. The Morgan fingerprint density at radius 1 is 0.944 bits per heavy atom. The van der Waals surface area contributed by atoms with E-state index in [0.29, 0.717) is 11.8 Å². The van der Waals surface area contributed by atoms with E-state index in [1.54, 1.807) is 0 Å². The molecular weight excluding hydrogens is 228 g/mol. The first-order valence-corrected chi connectivity index (χ1v) is 7.36. The van der Waals surface area contributed by atoms with E-state index in [2.05, 4.69) is 10.6 Å². The van der Waals surface area contributed by atoms with E-state index in [1.807, 2.05) is 0 Å². The Morgan fingerprint density at radius 2 is 1.67 bits per heavy atom. The standard InChI is InChI=1S/C14H22N2O2/c17-12-14(16-13(18)15-12)9-5-4-8-11(14)10-6-2-1-3-7-10/h10-11H,1-9H2,(H2,15,16,17,18)/t11-,14-/m1/s1. The van der Waals surface area contributed by atoms with Crippen molar-refractivity contribution in [2.45, 2.75) is 63.3 Å². The van der Waals surface area contributed by atoms with Gasteiger partial charge in [-0.05, 0) is 24.7 Å². The lowest BCUT2D eigenvalue weighted by Gasteiger charge is -2.44. The fraction of sp³-hybridized carbons (Fsp3) is 0.857. The van der Waals surface area contributed by atoms with Gasteiger partial charge in [-0.1, -0.05) is 44.9 Å². The lowest BCUT2D eigenvalue weighted by atomic mass is 9.64. The van der Waals surface area contributed by atoms with Crippen LogP contribution in [0, 0.1) is 11.8 Å². The Balaban J connectivity index is 1.85. The molecule has 3 rings (SSSR count). The number of hydrogen-bond acceptors (Lipinski definition) is 2. The van der Waals surface area contributed by atoms with Crippen molar-refractivity contribution in [3.05, 3.63) is 0 Å². The molecule has 0 aromatic heterocycles. The Morgan fingerprint density at radius 3 is 2.33 bits per heavy atom. The molecule has 18 heavy (non-hydrogen) atoms. The predicted octanol–water partition coefficient (Wildman–Crippen LogP) is 2.34. The van der Waals surface area contributed by atoms with Crippen LogP contribution in [0.5, 0.6) is 0 Å².